The summed E-state index contributed by atoms with van der Waals surface area (Å²) < 4.78 is 42.1. The van der Waals surface area contributed by atoms with Gasteiger partial charge >= 0.3 is 0 Å². The Balaban J connectivity index is 2.56. The Labute approximate surface area is 158 Å². The van der Waals surface area contributed by atoms with Crippen molar-refractivity contribution < 1.29 is 22.6 Å². The summed E-state index contributed by atoms with van der Waals surface area (Å²) in [5.41, 5.74) is 1.64. The molecule has 2 aromatic carbocycles. The van der Waals surface area contributed by atoms with Gasteiger partial charge in [0.25, 0.3) is 0 Å². The van der Waals surface area contributed by atoms with Crippen molar-refractivity contribution in [3.8, 4) is 17.2 Å². The first-order valence-electron chi connectivity index (χ1n) is 7.74. The van der Waals surface area contributed by atoms with E-state index >= 15 is 0 Å². The van der Waals surface area contributed by atoms with Gasteiger partial charge in [0.15, 0.2) is 11.5 Å². The molecular weight excluding hydrogens is 372 g/mol. The summed E-state index contributed by atoms with van der Waals surface area (Å²) in [6.45, 7) is 1.91. The molecule has 0 radical (unpaired) electrons. The van der Waals surface area contributed by atoms with E-state index in [1.165, 1.54) is 33.1 Å². The minimum atomic E-state index is -3.61. The van der Waals surface area contributed by atoms with Crippen LogP contribution in [0.25, 0.3) is 6.08 Å². The Kier molecular flexibility index (Phi) is 6.61. The van der Waals surface area contributed by atoms with Crippen LogP contribution in [0.15, 0.2) is 45.5 Å². The summed E-state index contributed by atoms with van der Waals surface area (Å²) >= 11 is 1.17. The lowest BCUT2D eigenvalue weighted by atomic mass is 10.2. The molecule has 7 heteroatoms. The maximum Gasteiger partial charge on any atom is 0.212 e. The minimum absolute atomic E-state index is 0.232. The second kappa shape index (κ2) is 8.51. The van der Waals surface area contributed by atoms with E-state index in [0.29, 0.717) is 22.8 Å². The van der Waals surface area contributed by atoms with Crippen LogP contribution in [0.2, 0.25) is 0 Å². The van der Waals surface area contributed by atoms with Gasteiger partial charge in [0.1, 0.15) is 4.24 Å². The third kappa shape index (κ3) is 4.16. The van der Waals surface area contributed by atoms with E-state index in [4.69, 9.17) is 14.2 Å². The average Bonchev–Trinajstić information content (AvgIpc) is 2.65. The number of ether oxygens (including phenoxy) is 3. The molecule has 0 atom stereocenters. The number of hydrogen-bond donors (Lipinski definition) is 0. The van der Waals surface area contributed by atoms with Gasteiger partial charge in [0.05, 0.1) is 26.2 Å². The maximum atomic E-state index is 12.9. The smallest absolute Gasteiger partial charge is 0.212 e. The van der Waals surface area contributed by atoms with Crippen molar-refractivity contribution in [3.05, 3.63) is 51.8 Å². The van der Waals surface area contributed by atoms with E-state index in [1.807, 2.05) is 6.92 Å². The monoisotopic (exact) mass is 394 g/mol. The zero-order valence-electron chi connectivity index (χ0n) is 15.4. The third-order valence-electron chi connectivity index (χ3n) is 3.77. The topological polar surface area (TPSA) is 61.8 Å². The summed E-state index contributed by atoms with van der Waals surface area (Å²) in [7, 11) is 0.944. The van der Waals surface area contributed by atoms with Crippen molar-refractivity contribution in [1.29, 1.82) is 0 Å². The van der Waals surface area contributed by atoms with Crippen LogP contribution in [-0.2, 0) is 9.84 Å². The predicted octanol–water partition coefficient (Wildman–Crippen LogP) is 4.16. The van der Waals surface area contributed by atoms with Gasteiger partial charge in [0, 0.05) is 0 Å². The Hall–Kier alpha value is -2.12. The summed E-state index contributed by atoms with van der Waals surface area (Å²) in [6.07, 6.45) is 3.33. The highest BCUT2D eigenvalue weighted by Crippen LogP contribution is 2.39. The Morgan fingerprint density at radius 2 is 1.50 bits per heavy atom. The normalized spacial score (nSPS) is 12.0. The first kappa shape index (κ1) is 20.2. The molecule has 26 heavy (non-hydrogen) atoms. The molecule has 0 aromatic heterocycles. The van der Waals surface area contributed by atoms with Gasteiger partial charge < -0.3 is 14.2 Å². The van der Waals surface area contributed by atoms with E-state index in [1.54, 1.807) is 48.7 Å². The van der Waals surface area contributed by atoms with Crippen LogP contribution in [0.1, 0.15) is 11.1 Å². The fraction of sp³-hybridized carbons (Fsp3) is 0.263. The molecule has 0 N–H and O–H groups in total. The van der Waals surface area contributed by atoms with Crippen molar-refractivity contribution in [2.75, 3.05) is 27.6 Å². The average molecular weight is 395 g/mol. The minimum Gasteiger partial charge on any atom is -0.493 e. The molecule has 140 valence electrons. The number of thioether (sulfide) groups is 1. The molecule has 0 heterocycles. The van der Waals surface area contributed by atoms with Gasteiger partial charge in [-0.25, -0.2) is 8.42 Å². The Morgan fingerprint density at radius 3 is 1.92 bits per heavy atom. The molecule has 0 amide bonds. The molecule has 0 spiro atoms. The van der Waals surface area contributed by atoms with E-state index in [-0.39, 0.29) is 9.13 Å². The second-order valence-corrected chi connectivity index (χ2v) is 8.47. The molecular formula is C19H22O5S2. The highest BCUT2D eigenvalue weighted by atomic mass is 32.3. The van der Waals surface area contributed by atoms with Crippen LogP contribution in [0.3, 0.4) is 0 Å². The van der Waals surface area contributed by atoms with Crippen LogP contribution in [0, 0.1) is 6.92 Å². The molecule has 2 rings (SSSR count). The van der Waals surface area contributed by atoms with Gasteiger partial charge in [0.2, 0.25) is 15.6 Å². The summed E-state index contributed by atoms with van der Waals surface area (Å²) in [6, 6.07) is 10.2. The molecule has 0 aliphatic heterocycles. The molecule has 5 nitrogen and oxygen atoms in total. The number of sulfone groups is 1. The fourth-order valence-corrected chi connectivity index (χ4v) is 4.84. The molecule has 0 aliphatic carbocycles. The van der Waals surface area contributed by atoms with Crippen LogP contribution >= 0.6 is 11.8 Å². The largest absolute Gasteiger partial charge is 0.493 e. The lowest BCUT2D eigenvalue weighted by Gasteiger charge is -2.13. The zero-order chi connectivity index (χ0) is 19.3. The van der Waals surface area contributed by atoms with Crippen LogP contribution in [0.4, 0.5) is 0 Å². The zero-order valence-corrected chi connectivity index (χ0v) is 17.0. The van der Waals surface area contributed by atoms with Gasteiger partial charge in [-0.3, -0.25) is 0 Å². The third-order valence-corrected chi connectivity index (χ3v) is 6.99. The molecule has 0 saturated carbocycles. The maximum absolute atomic E-state index is 12.9. The molecule has 2 aromatic rings. The van der Waals surface area contributed by atoms with Crippen molar-refractivity contribution in [3.63, 3.8) is 0 Å². The highest BCUT2D eigenvalue weighted by molar-refractivity contribution is 8.18. The Bertz CT molecular complexity index is 875. The quantitative estimate of drug-likeness (QED) is 0.703. The lowest BCUT2D eigenvalue weighted by molar-refractivity contribution is 0.324. The van der Waals surface area contributed by atoms with Crippen LogP contribution in [0.5, 0.6) is 17.2 Å². The predicted molar refractivity (Wildman–Crippen MR) is 106 cm³/mol. The van der Waals surface area contributed by atoms with Gasteiger partial charge in [-0.1, -0.05) is 17.7 Å². The lowest BCUT2D eigenvalue weighted by Crippen LogP contribution is -2.02. The van der Waals surface area contributed by atoms with E-state index in [9.17, 15) is 8.42 Å². The van der Waals surface area contributed by atoms with Gasteiger partial charge in [-0.05, 0) is 49.1 Å². The molecule has 0 fully saturated rings. The highest BCUT2D eigenvalue weighted by Gasteiger charge is 2.21. The molecule has 0 bridgehead atoms. The fourth-order valence-electron chi connectivity index (χ4n) is 2.40. The first-order valence-corrected chi connectivity index (χ1v) is 10.5. The first-order chi connectivity index (χ1) is 12.4. The molecule has 0 unspecified atom stereocenters. The standard InChI is InChI=1S/C19H22O5S2/c1-13-6-8-15(9-7-13)26(20,21)18(25-5)12-14-10-16(22-2)19(24-4)17(11-14)23-3/h6-12H,1-5H3/b18-12+. The van der Waals surface area contributed by atoms with Gasteiger partial charge in [-0.15, -0.1) is 11.8 Å². The van der Waals surface area contributed by atoms with Crippen molar-refractivity contribution >= 4 is 27.7 Å². The summed E-state index contributed by atoms with van der Waals surface area (Å²) in [4.78, 5) is 0.260. The van der Waals surface area contributed by atoms with E-state index < -0.39 is 9.84 Å². The second-order valence-electron chi connectivity index (χ2n) is 5.44. The van der Waals surface area contributed by atoms with Crippen molar-refractivity contribution in [1.82, 2.24) is 0 Å². The Morgan fingerprint density at radius 1 is 0.962 bits per heavy atom. The number of methoxy groups -OCH3 is 3. The number of rotatable bonds is 7. The number of benzene rings is 2. The van der Waals surface area contributed by atoms with Crippen molar-refractivity contribution in [2.24, 2.45) is 0 Å². The van der Waals surface area contributed by atoms with E-state index in [0.717, 1.165) is 5.56 Å². The molecule has 0 aliphatic rings. The van der Waals surface area contributed by atoms with E-state index in [2.05, 4.69) is 0 Å². The summed E-state index contributed by atoms with van der Waals surface area (Å²) in [5, 5.41) is 0. The number of hydrogen-bond acceptors (Lipinski definition) is 6. The van der Waals surface area contributed by atoms with Crippen molar-refractivity contribution in [2.45, 2.75) is 11.8 Å². The SMILES string of the molecule is COc1cc(/C=C(\SC)S(=O)(=O)c2ccc(C)cc2)cc(OC)c1OC. The van der Waals surface area contributed by atoms with Crippen LogP contribution < -0.4 is 14.2 Å². The summed E-state index contributed by atoms with van der Waals surface area (Å²) in [5.74, 6) is 1.39. The number of aryl methyl sites for hydroxylation is 1. The van der Waals surface area contributed by atoms with Crippen LogP contribution in [-0.4, -0.2) is 36.0 Å². The molecule has 0 saturated heterocycles. The van der Waals surface area contributed by atoms with Gasteiger partial charge in [-0.2, -0.15) is 0 Å².